The molecule has 2 heterocycles. The number of benzene rings is 6. The maximum absolute atomic E-state index is 14.6. The summed E-state index contributed by atoms with van der Waals surface area (Å²) in [4.78, 5) is 59.5. The summed E-state index contributed by atoms with van der Waals surface area (Å²) in [6.45, 7) is 18.9. The van der Waals surface area contributed by atoms with E-state index in [1.807, 2.05) is 102 Å². The minimum Gasteiger partial charge on any atom is -0.274 e. The van der Waals surface area contributed by atoms with Gasteiger partial charge in [0.05, 0.1) is 0 Å². The zero-order valence-corrected chi connectivity index (χ0v) is 33.0. The van der Waals surface area contributed by atoms with Crippen LogP contribution in [0.2, 0.25) is 0 Å². The third kappa shape index (κ3) is 6.02. The van der Waals surface area contributed by atoms with Crippen LogP contribution in [0.4, 0.5) is 0 Å². The third-order valence-electron chi connectivity index (χ3n) is 10.5. The first-order chi connectivity index (χ1) is 26.2. The Morgan fingerprint density at radius 2 is 1.00 bits per heavy atom. The molecule has 0 atom stereocenters. The molecule has 6 heteroatoms. The summed E-state index contributed by atoms with van der Waals surface area (Å²) in [5.41, 5.74) is 3.99. The van der Waals surface area contributed by atoms with E-state index in [4.69, 9.17) is 6.42 Å². The fourth-order valence-electron chi connectivity index (χ4n) is 8.49. The van der Waals surface area contributed by atoms with Gasteiger partial charge in [-0.05, 0) is 93.7 Å². The van der Waals surface area contributed by atoms with Crippen molar-refractivity contribution in [2.45, 2.75) is 68.4 Å². The molecular weight excluding hydrogens is 681 g/mol. The van der Waals surface area contributed by atoms with E-state index in [-0.39, 0.29) is 47.4 Å². The molecule has 0 aliphatic carbocycles. The zero-order valence-electron chi connectivity index (χ0n) is 33.0. The lowest BCUT2D eigenvalue weighted by Gasteiger charge is -2.38. The highest BCUT2D eigenvalue weighted by Crippen LogP contribution is 2.48. The number of hydrogen-bond donors (Lipinski definition) is 0. The normalized spacial score (nSPS) is 14.0. The summed E-state index contributed by atoms with van der Waals surface area (Å²) >= 11 is 0. The Balaban J connectivity index is 0.00000111. The average Bonchev–Trinajstić information content (AvgIpc) is 3.14. The molecule has 8 rings (SSSR count). The van der Waals surface area contributed by atoms with Gasteiger partial charge in [0.2, 0.25) is 0 Å². The van der Waals surface area contributed by atoms with E-state index in [2.05, 4.69) is 38.5 Å². The predicted octanol–water partition coefficient (Wildman–Crippen LogP) is 10.3. The monoisotopic (exact) mass is 726 g/mol. The van der Waals surface area contributed by atoms with Gasteiger partial charge >= 0.3 is 0 Å². The summed E-state index contributed by atoms with van der Waals surface area (Å²) < 4.78 is 0. The molecule has 0 spiro atoms. The number of nitrogens with zero attached hydrogens (tertiary/aromatic N) is 2. The average molecular weight is 727 g/mol. The van der Waals surface area contributed by atoms with Gasteiger partial charge < -0.3 is 0 Å². The van der Waals surface area contributed by atoms with Gasteiger partial charge in [-0.3, -0.25) is 29.0 Å². The second-order valence-electron chi connectivity index (χ2n) is 16.6. The molecule has 276 valence electrons. The third-order valence-corrected chi connectivity index (χ3v) is 10.5. The zero-order chi connectivity index (χ0) is 39.6. The van der Waals surface area contributed by atoms with E-state index in [0.717, 1.165) is 49.4 Å². The van der Waals surface area contributed by atoms with Gasteiger partial charge in [-0.15, -0.1) is 6.42 Å². The number of rotatable bonds is 5. The molecule has 0 radical (unpaired) electrons. The van der Waals surface area contributed by atoms with Crippen LogP contribution in [0.1, 0.15) is 120 Å². The van der Waals surface area contributed by atoms with Crippen LogP contribution in [-0.4, -0.2) is 46.0 Å². The minimum absolute atomic E-state index is 0.0472. The molecule has 6 aromatic carbocycles. The largest absolute Gasteiger partial charge is 0.274 e. The molecule has 4 amide bonds. The summed E-state index contributed by atoms with van der Waals surface area (Å²) in [6, 6.07) is 20.2. The summed E-state index contributed by atoms with van der Waals surface area (Å²) in [5, 5.41) is 6.04. The molecule has 6 nitrogen and oxygen atoms in total. The van der Waals surface area contributed by atoms with Crippen LogP contribution in [0, 0.1) is 47.9 Å². The number of hydrogen-bond acceptors (Lipinski definition) is 4. The van der Waals surface area contributed by atoms with Crippen LogP contribution in [0.5, 0.6) is 0 Å². The number of carbonyl (C=O) groups excluding carboxylic acids is 4. The molecule has 55 heavy (non-hydrogen) atoms. The minimum atomic E-state index is -0.331. The van der Waals surface area contributed by atoms with Gasteiger partial charge in [-0.1, -0.05) is 98.3 Å². The Bertz CT molecular complexity index is 2660. The van der Waals surface area contributed by atoms with E-state index in [1.54, 1.807) is 6.07 Å². The molecule has 2 aliphatic heterocycles. The summed E-state index contributed by atoms with van der Waals surface area (Å²) in [6.07, 6.45) is 5.58. The lowest BCUT2D eigenvalue weighted by atomic mass is 9.80. The molecule has 0 unspecified atom stereocenters. The smallest absolute Gasteiger partial charge is 0.261 e. The van der Waals surface area contributed by atoms with E-state index in [1.165, 1.54) is 9.80 Å². The van der Waals surface area contributed by atoms with Gasteiger partial charge in [0.15, 0.2) is 0 Å². The van der Waals surface area contributed by atoms with Crippen molar-refractivity contribution >= 4 is 66.7 Å². The van der Waals surface area contributed by atoms with Crippen molar-refractivity contribution in [2.75, 3.05) is 6.54 Å². The molecule has 0 bridgehead atoms. The fourth-order valence-corrected chi connectivity index (χ4v) is 8.49. The first-order valence-electron chi connectivity index (χ1n) is 19.2. The van der Waals surface area contributed by atoms with Crippen molar-refractivity contribution in [3.63, 3.8) is 0 Å². The van der Waals surface area contributed by atoms with Crippen LogP contribution < -0.4 is 0 Å². The first-order valence-corrected chi connectivity index (χ1v) is 19.2. The van der Waals surface area contributed by atoms with Crippen molar-refractivity contribution in [3.8, 4) is 24.2 Å². The van der Waals surface area contributed by atoms with Crippen LogP contribution >= 0.6 is 0 Å². The number of fused-ring (bicyclic) bond motifs is 2. The molecule has 0 fully saturated rings. The Morgan fingerprint density at radius 3 is 1.53 bits per heavy atom. The lowest BCUT2D eigenvalue weighted by Crippen LogP contribution is -2.51. The number of amides is 4. The van der Waals surface area contributed by atoms with Crippen molar-refractivity contribution in [1.29, 1.82) is 0 Å². The second kappa shape index (κ2) is 14.0. The van der Waals surface area contributed by atoms with Crippen molar-refractivity contribution in [1.82, 2.24) is 9.80 Å². The molecule has 0 saturated carbocycles. The predicted molar refractivity (Wildman–Crippen MR) is 223 cm³/mol. The topological polar surface area (TPSA) is 74.8 Å². The highest BCUT2D eigenvalue weighted by molar-refractivity contribution is 6.42. The van der Waals surface area contributed by atoms with Crippen LogP contribution in [0.15, 0.2) is 66.7 Å². The Hall–Kier alpha value is -5.98. The number of carbonyl (C=O) groups is 4. The highest BCUT2D eigenvalue weighted by atomic mass is 16.2. The number of terminal acetylenes is 1. The van der Waals surface area contributed by atoms with Crippen molar-refractivity contribution in [3.05, 3.63) is 106 Å². The first kappa shape index (κ1) is 37.3. The summed E-state index contributed by atoms with van der Waals surface area (Å²) in [7, 11) is 0. The Labute approximate surface area is 323 Å². The standard InChI is InChI=1S/C45H36N2O4.C4H10/c1-8-26-9-11-27(12-10-26)13-14-28-21-35-39-34(44(50)47(45(35)51)41(24(4)5)25(6)7)19-16-30-29-15-18-32-38-33(43(49)46(42(32)48)22-23(2)3)20-17-31(37(29)38)36(28)40(30)39;1-4(2)3/h1,9-12,15-21,23-25,41H,22H2,2-7H3;4H,1-3H3. The lowest BCUT2D eigenvalue weighted by molar-refractivity contribution is 0.0435. The molecule has 0 N–H and O–H groups in total. The van der Waals surface area contributed by atoms with Gasteiger partial charge in [0, 0.05) is 73.1 Å². The molecule has 0 saturated heterocycles. The number of imide groups is 2. The molecule has 2 aliphatic rings. The molecular formula is C49H46N2O4. The van der Waals surface area contributed by atoms with E-state index in [9.17, 15) is 19.2 Å². The van der Waals surface area contributed by atoms with E-state index in [0.29, 0.717) is 45.1 Å². The van der Waals surface area contributed by atoms with Crippen LogP contribution in [-0.2, 0) is 0 Å². The fraction of sp³-hybridized carbons (Fsp3) is 0.306. The highest BCUT2D eigenvalue weighted by Gasteiger charge is 2.41. The van der Waals surface area contributed by atoms with Gasteiger partial charge in [-0.2, -0.15) is 0 Å². The van der Waals surface area contributed by atoms with E-state index >= 15 is 0 Å². The molecule has 6 aromatic rings. The Morgan fingerprint density at radius 1 is 0.527 bits per heavy atom. The summed E-state index contributed by atoms with van der Waals surface area (Å²) in [5.74, 6) is 9.10. The SMILES string of the molecule is C#Cc1ccc(C#Cc2cc3c4c(ccc5c6ccc7c8c(ccc(c2c45)c86)C(=O)N(CC(C)C)C7=O)C(=O)N(C(C(C)C)C(C)C)C3=O)cc1.CC(C)C. The Kier molecular flexibility index (Phi) is 9.52. The quantitative estimate of drug-likeness (QED) is 0.0767. The van der Waals surface area contributed by atoms with Crippen LogP contribution in [0.3, 0.4) is 0 Å². The maximum atomic E-state index is 14.6. The van der Waals surface area contributed by atoms with Crippen molar-refractivity contribution < 1.29 is 19.2 Å². The van der Waals surface area contributed by atoms with Gasteiger partial charge in [-0.25, -0.2) is 0 Å². The van der Waals surface area contributed by atoms with Gasteiger partial charge in [0.1, 0.15) is 0 Å². The second-order valence-corrected chi connectivity index (χ2v) is 16.6. The maximum Gasteiger partial charge on any atom is 0.261 e. The van der Waals surface area contributed by atoms with Crippen molar-refractivity contribution in [2.24, 2.45) is 23.7 Å². The van der Waals surface area contributed by atoms with E-state index < -0.39 is 0 Å². The molecule has 0 aromatic heterocycles. The van der Waals surface area contributed by atoms with Gasteiger partial charge in [0.25, 0.3) is 23.6 Å². The van der Waals surface area contributed by atoms with Crippen LogP contribution in [0.25, 0.3) is 43.1 Å².